The Morgan fingerprint density at radius 2 is 2.05 bits per heavy atom. The largest absolute Gasteiger partial charge is 0.496 e. The number of nitrogens with one attached hydrogen (secondary N) is 1. The zero-order chi connectivity index (χ0) is 13.9. The molecule has 106 valence electrons. The summed E-state index contributed by atoms with van der Waals surface area (Å²) in [6, 6.07) is 3.90. The molecule has 1 fully saturated rings. The molecule has 1 aromatic rings. The smallest absolute Gasteiger partial charge is 0.148 e. The van der Waals surface area contributed by atoms with Crippen LogP contribution in [0.3, 0.4) is 0 Å². The van der Waals surface area contributed by atoms with Crippen LogP contribution in [-0.2, 0) is 4.74 Å². The molecule has 1 aromatic carbocycles. The lowest BCUT2D eigenvalue weighted by molar-refractivity contribution is -0.0979. The maximum absolute atomic E-state index is 5.81. The Morgan fingerprint density at radius 3 is 2.53 bits per heavy atom. The molecule has 0 radical (unpaired) electrons. The van der Waals surface area contributed by atoms with Crippen molar-refractivity contribution < 1.29 is 14.2 Å². The highest BCUT2D eigenvalue weighted by Crippen LogP contribution is 2.36. The van der Waals surface area contributed by atoms with Gasteiger partial charge in [0.1, 0.15) is 11.5 Å². The predicted molar refractivity (Wildman–Crippen MR) is 75.1 cm³/mol. The molecule has 5 heteroatoms. The van der Waals surface area contributed by atoms with Crippen LogP contribution in [-0.4, -0.2) is 40.5 Å². The van der Waals surface area contributed by atoms with E-state index in [1.165, 1.54) is 0 Å². The lowest BCUT2D eigenvalue weighted by Gasteiger charge is -2.40. The summed E-state index contributed by atoms with van der Waals surface area (Å²) < 4.78 is 16.0. The zero-order valence-corrected chi connectivity index (χ0v) is 11.8. The molecular weight excluding hydrogens is 244 g/mol. The van der Waals surface area contributed by atoms with Crippen LogP contribution in [0.25, 0.3) is 0 Å². The summed E-state index contributed by atoms with van der Waals surface area (Å²) in [5.74, 6) is 1.63. The van der Waals surface area contributed by atoms with Crippen LogP contribution in [0.1, 0.15) is 5.56 Å². The summed E-state index contributed by atoms with van der Waals surface area (Å²) in [6.45, 7) is 4.82. The lowest BCUT2D eigenvalue weighted by Crippen LogP contribution is -2.52. The van der Waals surface area contributed by atoms with E-state index < -0.39 is 0 Å². The predicted octanol–water partition coefficient (Wildman–Crippen LogP) is 1.40. The van der Waals surface area contributed by atoms with Crippen molar-refractivity contribution in [3.8, 4) is 11.5 Å². The van der Waals surface area contributed by atoms with E-state index in [9.17, 15) is 0 Å². The molecule has 1 aliphatic heterocycles. The molecule has 0 bridgehead atoms. The van der Waals surface area contributed by atoms with E-state index in [1.54, 1.807) is 14.2 Å². The fourth-order valence-corrected chi connectivity index (χ4v) is 2.26. The minimum Gasteiger partial charge on any atom is -0.496 e. The molecule has 1 heterocycles. The third-order valence-corrected chi connectivity index (χ3v) is 3.68. The Kier molecular flexibility index (Phi) is 4.17. The van der Waals surface area contributed by atoms with E-state index in [2.05, 4.69) is 5.32 Å². The van der Waals surface area contributed by atoms with Gasteiger partial charge in [0, 0.05) is 24.1 Å². The topological polar surface area (TPSA) is 65.7 Å². The van der Waals surface area contributed by atoms with E-state index >= 15 is 0 Å². The van der Waals surface area contributed by atoms with Crippen molar-refractivity contribution in [1.82, 2.24) is 0 Å². The van der Waals surface area contributed by atoms with Gasteiger partial charge >= 0.3 is 0 Å². The third-order valence-electron chi connectivity index (χ3n) is 3.68. The van der Waals surface area contributed by atoms with Gasteiger partial charge < -0.3 is 25.3 Å². The summed E-state index contributed by atoms with van der Waals surface area (Å²) in [5, 5.41) is 3.41. The Bertz CT molecular complexity index is 439. The molecular formula is C14H22N2O3. The fraction of sp³-hybridized carbons (Fsp3) is 0.571. The molecule has 0 spiro atoms. The highest BCUT2D eigenvalue weighted by molar-refractivity contribution is 5.64. The van der Waals surface area contributed by atoms with E-state index in [0.717, 1.165) is 29.3 Å². The van der Waals surface area contributed by atoms with E-state index in [0.29, 0.717) is 19.8 Å². The van der Waals surface area contributed by atoms with Crippen LogP contribution in [0, 0.1) is 12.3 Å². The van der Waals surface area contributed by atoms with Crippen LogP contribution >= 0.6 is 0 Å². The van der Waals surface area contributed by atoms with E-state index in [1.807, 2.05) is 19.1 Å². The van der Waals surface area contributed by atoms with E-state index in [-0.39, 0.29) is 5.41 Å². The van der Waals surface area contributed by atoms with Gasteiger partial charge in [-0.25, -0.2) is 0 Å². The number of hydrogen-bond donors (Lipinski definition) is 2. The Morgan fingerprint density at radius 1 is 1.32 bits per heavy atom. The maximum Gasteiger partial charge on any atom is 0.148 e. The van der Waals surface area contributed by atoms with Gasteiger partial charge in [0.2, 0.25) is 0 Å². The summed E-state index contributed by atoms with van der Waals surface area (Å²) in [7, 11) is 3.32. The van der Waals surface area contributed by atoms with E-state index in [4.69, 9.17) is 19.9 Å². The first-order valence-electron chi connectivity index (χ1n) is 6.39. The van der Waals surface area contributed by atoms with Gasteiger partial charge in [-0.1, -0.05) is 0 Å². The first-order valence-corrected chi connectivity index (χ1v) is 6.39. The summed E-state index contributed by atoms with van der Waals surface area (Å²) in [5.41, 5.74) is 7.81. The van der Waals surface area contributed by atoms with Crippen LogP contribution < -0.4 is 20.5 Å². The van der Waals surface area contributed by atoms with Crippen molar-refractivity contribution in [2.75, 3.05) is 45.8 Å². The molecule has 0 atom stereocenters. The number of benzene rings is 1. The first-order chi connectivity index (χ1) is 9.15. The normalized spacial score (nSPS) is 16.6. The fourth-order valence-electron chi connectivity index (χ4n) is 2.26. The van der Waals surface area contributed by atoms with Crippen molar-refractivity contribution in [1.29, 1.82) is 0 Å². The molecule has 2 rings (SSSR count). The number of ether oxygens (including phenoxy) is 3. The standard InChI is InChI=1S/C14H22N2O3/c1-10-12(17-2)5-4-11(13(10)18-3)16-7-14(6-15)8-19-9-14/h4-5,16H,6-9,15H2,1-3H3. The highest BCUT2D eigenvalue weighted by Gasteiger charge is 2.37. The molecule has 3 N–H and O–H groups in total. The molecule has 1 aliphatic rings. The molecule has 5 nitrogen and oxygen atoms in total. The SMILES string of the molecule is COc1ccc(NCC2(CN)COC2)c(OC)c1C. The Hall–Kier alpha value is -1.46. The number of nitrogens with two attached hydrogens (primary N) is 1. The molecule has 19 heavy (non-hydrogen) atoms. The first kappa shape index (κ1) is 14.0. The Labute approximate surface area is 114 Å². The lowest BCUT2D eigenvalue weighted by atomic mass is 9.86. The maximum atomic E-state index is 5.81. The molecule has 0 aromatic heterocycles. The number of methoxy groups -OCH3 is 2. The third kappa shape index (κ3) is 2.62. The quantitative estimate of drug-likeness (QED) is 0.814. The molecule has 1 saturated heterocycles. The zero-order valence-electron chi connectivity index (χ0n) is 11.8. The highest BCUT2D eigenvalue weighted by atomic mass is 16.5. The van der Waals surface area contributed by atoms with Gasteiger partial charge in [-0.15, -0.1) is 0 Å². The van der Waals surface area contributed by atoms with Gasteiger partial charge in [0.15, 0.2) is 0 Å². The molecule has 0 saturated carbocycles. The second-order valence-electron chi connectivity index (χ2n) is 5.02. The van der Waals surface area contributed by atoms with Gasteiger partial charge in [-0.2, -0.15) is 0 Å². The van der Waals surface area contributed by atoms with Crippen LogP contribution in [0.2, 0.25) is 0 Å². The average molecular weight is 266 g/mol. The van der Waals surface area contributed by atoms with Crippen molar-refractivity contribution >= 4 is 5.69 Å². The number of hydrogen-bond acceptors (Lipinski definition) is 5. The van der Waals surface area contributed by atoms with Crippen molar-refractivity contribution in [2.24, 2.45) is 11.1 Å². The molecule has 0 amide bonds. The monoisotopic (exact) mass is 266 g/mol. The van der Waals surface area contributed by atoms with Gasteiger partial charge in [-0.3, -0.25) is 0 Å². The second kappa shape index (κ2) is 5.67. The van der Waals surface area contributed by atoms with Gasteiger partial charge in [0.05, 0.1) is 33.1 Å². The average Bonchev–Trinajstić information content (AvgIpc) is 2.38. The van der Waals surface area contributed by atoms with Crippen LogP contribution in [0.5, 0.6) is 11.5 Å². The minimum atomic E-state index is 0.0544. The second-order valence-corrected chi connectivity index (χ2v) is 5.02. The molecule has 0 aliphatic carbocycles. The van der Waals surface area contributed by atoms with Crippen molar-refractivity contribution in [2.45, 2.75) is 6.92 Å². The number of anilines is 1. The number of rotatable bonds is 6. The summed E-state index contributed by atoms with van der Waals surface area (Å²) in [6.07, 6.45) is 0. The van der Waals surface area contributed by atoms with Crippen LogP contribution in [0.15, 0.2) is 12.1 Å². The summed E-state index contributed by atoms with van der Waals surface area (Å²) in [4.78, 5) is 0. The van der Waals surface area contributed by atoms with Crippen LogP contribution in [0.4, 0.5) is 5.69 Å². The van der Waals surface area contributed by atoms with Gasteiger partial charge in [-0.05, 0) is 19.1 Å². The minimum absolute atomic E-state index is 0.0544. The van der Waals surface area contributed by atoms with Crippen molar-refractivity contribution in [3.63, 3.8) is 0 Å². The molecule has 0 unspecified atom stereocenters. The summed E-state index contributed by atoms with van der Waals surface area (Å²) >= 11 is 0. The van der Waals surface area contributed by atoms with Crippen molar-refractivity contribution in [3.05, 3.63) is 17.7 Å². The van der Waals surface area contributed by atoms with Gasteiger partial charge in [0.25, 0.3) is 0 Å². The Balaban J connectivity index is 2.14.